The van der Waals surface area contributed by atoms with Crippen LogP contribution in [0.4, 0.5) is 4.39 Å². The van der Waals surface area contributed by atoms with E-state index in [0.717, 1.165) is 31.5 Å². The van der Waals surface area contributed by atoms with Gasteiger partial charge in [0.15, 0.2) is 0 Å². The topological polar surface area (TPSA) is 41.1 Å². The Morgan fingerprint density at radius 1 is 1.17 bits per heavy atom. The molecule has 0 aliphatic carbocycles. The molecule has 0 spiro atoms. The van der Waals surface area contributed by atoms with E-state index in [0.29, 0.717) is 13.0 Å². The van der Waals surface area contributed by atoms with E-state index in [9.17, 15) is 9.18 Å². The SMILES string of the molecule is CCCNCCC(=O)NCCc1ccc(F)cc1. The average molecular weight is 252 g/mol. The van der Waals surface area contributed by atoms with Gasteiger partial charge in [-0.1, -0.05) is 19.1 Å². The molecule has 18 heavy (non-hydrogen) atoms. The summed E-state index contributed by atoms with van der Waals surface area (Å²) >= 11 is 0. The van der Waals surface area contributed by atoms with Gasteiger partial charge >= 0.3 is 0 Å². The summed E-state index contributed by atoms with van der Waals surface area (Å²) in [6.07, 6.45) is 2.31. The molecule has 0 saturated heterocycles. The summed E-state index contributed by atoms with van der Waals surface area (Å²) in [5.74, 6) is -0.175. The second-order valence-electron chi connectivity index (χ2n) is 4.23. The Balaban J connectivity index is 2.10. The lowest BCUT2D eigenvalue weighted by Crippen LogP contribution is -2.29. The first-order valence-corrected chi connectivity index (χ1v) is 6.44. The standard InChI is InChI=1S/C14H21FN2O/c1-2-9-16-10-8-14(18)17-11-7-12-3-5-13(15)6-4-12/h3-6,16H,2,7-11H2,1H3,(H,17,18). The predicted molar refractivity (Wildman–Crippen MR) is 70.9 cm³/mol. The summed E-state index contributed by atoms with van der Waals surface area (Å²) in [7, 11) is 0. The van der Waals surface area contributed by atoms with Crippen molar-refractivity contribution in [2.24, 2.45) is 0 Å². The maximum Gasteiger partial charge on any atom is 0.221 e. The molecule has 4 heteroatoms. The van der Waals surface area contributed by atoms with E-state index in [1.54, 1.807) is 12.1 Å². The van der Waals surface area contributed by atoms with Crippen molar-refractivity contribution in [1.82, 2.24) is 10.6 Å². The number of nitrogens with one attached hydrogen (secondary N) is 2. The Labute approximate surface area is 108 Å². The van der Waals surface area contributed by atoms with Gasteiger partial charge < -0.3 is 10.6 Å². The third kappa shape index (κ3) is 6.35. The molecule has 100 valence electrons. The molecule has 0 bridgehead atoms. The van der Waals surface area contributed by atoms with E-state index < -0.39 is 0 Å². The highest BCUT2D eigenvalue weighted by Crippen LogP contribution is 2.02. The predicted octanol–water partition coefficient (Wildman–Crippen LogP) is 1.87. The van der Waals surface area contributed by atoms with Crippen LogP contribution in [-0.4, -0.2) is 25.5 Å². The number of carbonyl (C=O) groups excluding carboxylic acids is 1. The highest BCUT2D eigenvalue weighted by Gasteiger charge is 2.00. The van der Waals surface area contributed by atoms with Crippen LogP contribution < -0.4 is 10.6 Å². The molecular formula is C14H21FN2O. The van der Waals surface area contributed by atoms with Gasteiger partial charge in [0.05, 0.1) is 0 Å². The van der Waals surface area contributed by atoms with E-state index in [1.807, 2.05) is 0 Å². The average Bonchev–Trinajstić information content (AvgIpc) is 2.37. The third-order valence-electron chi connectivity index (χ3n) is 2.60. The molecule has 0 heterocycles. The molecule has 0 aliphatic rings. The fraction of sp³-hybridized carbons (Fsp3) is 0.500. The summed E-state index contributed by atoms with van der Waals surface area (Å²) in [5.41, 5.74) is 1.03. The molecule has 1 rings (SSSR count). The molecule has 0 unspecified atom stereocenters. The lowest BCUT2D eigenvalue weighted by molar-refractivity contribution is -0.120. The van der Waals surface area contributed by atoms with Gasteiger partial charge in [0.1, 0.15) is 5.82 Å². The number of carbonyl (C=O) groups is 1. The fourth-order valence-electron chi connectivity index (χ4n) is 1.59. The Kier molecular flexibility index (Phi) is 7.03. The summed E-state index contributed by atoms with van der Waals surface area (Å²) in [6.45, 7) is 4.35. The van der Waals surface area contributed by atoms with Crippen LogP contribution in [0.25, 0.3) is 0 Å². The number of amides is 1. The highest BCUT2D eigenvalue weighted by molar-refractivity contribution is 5.76. The Morgan fingerprint density at radius 2 is 1.89 bits per heavy atom. The molecule has 0 aliphatic heterocycles. The van der Waals surface area contributed by atoms with Crippen molar-refractivity contribution in [3.05, 3.63) is 35.6 Å². The number of hydrogen-bond donors (Lipinski definition) is 2. The molecule has 0 saturated carbocycles. The van der Waals surface area contributed by atoms with Gasteiger partial charge in [-0.2, -0.15) is 0 Å². The van der Waals surface area contributed by atoms with Crippen LogP contribution in [0.3, 0.4) is 0 Å². The van der Waals surface area contributed by atoms with Gasteiger partial charge in [0, 0.05) is 19.5 Å². The maximum absolute atomic E-state index is 12.7. The lowest BCUT2D eigenvalue weighted by atomic mass is 10.1. The monoisotopic (exact) mass is 252 g/mol. The number of benzene rings is 1. The highest BCUT2D eigenvalue weighted by atomic mass is 19.1. The van der Waals surface area contributed by atoms with E-state index in [4.69, 9.17) is 0 Å². The molecular weight excluding hydrogens is 231 g/mol. The van der Waals surface area contributed by atoms with E-state index in [-0.39, 0.29) is 11.7 Å². The minimum absolute atomic E-state index is 0.0562. The van der Waals surface area contributed by atoms with Crippen LogP contribution >= 0.6 is 0 Å². The molecule has 0 aromatic heterocycles. The summed E-state index contributed by atoms with van der Waals surface area (Å²) in [6, 6.07) is 6.35. The summed E-state index contributed by atoms with van der Waals surface area (Å²) in [5, 5.41) is 6.03. The zero-order chi connectivity index (χ0) is 13.2. The van der Waals surface area contributed by atoms with Crippen LogP contribution in [0.15, 0.2) is 24.3 Å². The molecule has 1 aromatic carbocycles. The quantitative estimate of drug-likeness (QED) is 0.694. The zero-order valence-electron chi connectivity index (χ0n) is 10.8. The molecule has 2 N–H and O–H groups in total. The van der Waals surface area contributed by atoms with E-state index in [1.165, 1.54) is 12.1 Å². The number of halogens is 1. The first kappa shape index (κ1) is 14.6. The van der Waals surface area contributed by atoms with Crippen LogP contribution in [0.1, 0.15) is 25.3 Å². The molecule has 0 atom stereocenters. The van der Waals surface area contributed by atoms with Crippen molar-refractivity contribution in [1.29, 1.82) is 0 Å². The van der Waals surface area contributed by atoms with Crippen LogP contribution in [0.5, 0.6) is 0 Å². The Hall–Kier alpha value is -1.42. The zero-order valence-corrected chi connectivity index (χ0v) is 10.8. The summed E-state index contributed by atoms with van der Waals surface area (Å²) < 4.78 is 12.7. The second-order valence-corrected chi connectivity index (χ2v) is 4.23. The minimum Gasteiger partial charge on any atom is -0.356 e. The Bertz CT molecular complexity index is 351. The largest absolute Gasteiger partial charge is 0.356 e. The van der Waals surface area contributed by atoms with Gasteiger partial charge in [-0.3, -0.25) is 4.79 Å². The van der Waals surface area contributed by atoms with Gasteiger partial charge in [0.25, 0.3) is 0 Å². The molecule has 0 fully saturated rings. The number of rotatable bonds is 8. The fourth-order valence-corrected chi connectivity index (χ4v) is 1.59. The van der Waals surface area contributed by atoms with Crippen molar-refractivity contribution in [2.75, 3.05) is 19.6 Å². The normalized spacial score (nSPS) is 10.3. The van der Waals surface area contributed by atoms with Crippen molar-refractivity contribution >= 4 is 5.91 Å². The minimum atomic E-state index is -0.232. The van der Waals surface area contributed by atoms with Gasteiger partial charge in [-0.25, -0.2) is 4.39 Å². The smallest absolute Gasteiger partial charge is 0.221 e. The number of hydrogen-bond acceptors (Lipinski definition) is 2. The molecule has 1 aromatic rings. The van der Waals surface area contributed by atoms with Gasteiger partial charge in [-0.05, 0) is 37.1 Å². The maximum atomic E-state index is 12.7. The molecule has 0 radical (unpaired) electrons. The van der Waals surface area contributed by atoms with E-state index in [2.05, 4.69) is 17.6 Å². The molecule has 3 nitrogen and oxygen atoms in total. The van der Waals surface area contributed by atoms with Crippen molar-refractivity contribution < 1.29 is 9.18 Å². The van der Waals surface area contributed by atoms with Crippen LogP contribution in [0.2, 0.25) is 0 Å². The van der Waals surface area contributed by atoms with Gasteiger partial charge in [-0.15, -0.1) is 0 Å². The van der Waals surface area contributed by atoms with Crippen LogP contribution in [0, 0.1) is 5.82 Å². The van der Waals surface area contributed by atoms with Crippen molar-refractivity contribution in [3.63, 3.8) is 0 Å². The second kappa shape index (κ2) is 8.64. The first-order valence-electron chi connectivity index (χ1n) is 6.44. The molecule has 1 amide bonds. The van der Waals surface area contributed by atoms with Gasteiger partial charge in [0.2, 0.25) is 5.91 Å². The lowest BCUT2D eigenvalue weighted by Gasteiger charge is -2.06. The first-order chi connectivity index (χ1) is 8.72. The van der Waals surface area contributed by atoms with E-state index >= 15 is 0 Å². The Morgan fingerprint density at radius 3 is 2.56 bits per heavy atom. The van der Waals surface area contributed by atoms with Crippen LogP contribution in [-0.2, 0) is 11.2 Å². The van der Waals surface area contributed by atoms with Crippen molar-refractivity contribution in [3.8, 4) is 0 Å². The third-order valence-corrected chi connectivity index (χ3v) is 2.60. The summed E-state index contributed by atoms with van der Waals surface area (Å²) in [4.78, 5) is 11.4. The van der Waals surface area contributed by atoms with Crippen molar-refractivity contribution in [2.45, 2.75) is 26.2 Å².